The molecule has 0 saturated carbocycles. The molecule has 3 rings (SSSR count). The number of ether oxygens (including phenoxy) is 1. The molecule has 1 fully saturated rings. The van der Waals surface area contributed by atoms with Gasteiger partial charge in [0, 0.05) is 6.07 Å². The number of carbonyl (C=O) groups is 1. The van der Waals surface area contributed by atoms with Gasteiger partial charge in [0.05, 0.1) is 16.1 Å². The van der Waals surface area contributed by atoms with Crippen LogP contribution >= 0.6 is 0 Å². The van der Waals surface area contributed by atoms with Crippen LogP contribution in [0.25, 0.3) is 0 Å². The van der Waals surface area contributed by atoms with Crippen molar-refractivity contribution in [2.75, 3.05) is 5.32 Å². The number of nitro benzene ring substituents is 1. The van der Waals surface area contributed by atoms with E-state index >= 15 is 0 Å². The maximum atomic E-state index is 12.2. The summed E-state index contributed by atoms with van der Waals surface area (Å²) in [6.07, 6.45) is -0.789. The highest BCUT2D eigenvalue weighted by Crippen LogP contribution is 2.37. The number of anilines is 1. The van der Waals surface area contributed by atoms with Crippen LogP contribution in [0.5, 0.6) is 0 Å². The number of amides is 1. The SMILES string of the molecule is CC1(C)OB(c2ccc([N+](=O)[O-])c(NC(=O)OCc3ccccc3)c2)OC1(C)C. The summed E-state index contributed by atoms with van der Waals surface area (Å²) in [5.74, 6) is 0. The van der Waals surface area contributed by atoms with Crippen molar-refractivity contribution in [3.8, 4) is 0 Å². The van der Waals surface area contributed by atoms with Crippen LogP contribution in [-0.4, -0.2) is 29.3 Å². The molecule has 0 atom stereocenters. The number of carbonyl (C=O) groups excluding carboxylic acids is 1. The molecule has 1 saturated heterocycles. The number of nitrogens with one attached hydrogen (secondary N) is 1. The van der Waals surface area contributed by atoms with Crippen LogP contribution < -0.4 is 10.8 Å². The van der Waals surface area contributed by atoms with Crippen molar-refractivity contribution in [1.82, 2.24) is 0 Å². The molecular weight excluding hydrogens is 375 g/mol. The zero-order valence-corrected chi connectivity index (χ0v) is 16.8. The number of nitrogens with zero attached hydrogens (tertiary/aromatic N) is 1. The number of benzene rings is 2. The van der Waals surface area contributed by atoms with Crippen LogP contribution in [0.3, 0.4) is 0 Å². The summed E-state index contributed by atoms with van der Waals surface area (Å²) in [6, 6.07) is 13.5. The Morgan fingerprint density at radius 3 is 2.31 bits per heavy atom. The van der Waals surface area contributed by atoms with Gasteiger partial charge >= 0.3 is 13.2 Å². The fourth-order valence-electron chi connectivity index (χ4n) is 2.81. The number of nitro groups is 1. The van der Waals surface area contributed by atoms with E-state index in [2.05, 4.69) is 5.32 Å². The molecule has 1 N–H and O–H groups in total. The lowest BCUT2D eigenvalue weighted by molar-refractivity contribution is -0.383. The first-order valence-electron chi connectivity index (χ1n) is 9.21. The van der Waals surface area contributed by atoms with E-state index in [0.29, 0.717) is 5.46 Å². The predicted molar refractivity (Wildman–Crippen MR) is 109 cm³/mol. The number of rotatable bonds is 5. The minimum absolute atomic E-state index is 0.0141. The Bertz CT molecular complexity index is 900. The molecule has 0 radical (unpaired) electrons. The molecule has 0 aromatic heterocycles. The van der Waals surface area contributed by atoms with Gasteiger partial charge in [-0.25, -0.2) is 4.79 Å². The third kappa shape index (κ3) is 4.57. The second kappa shape index (κ2) is 7.84. The van der Waals surface area contributed by atoms with E-state index in [4.69, 9.17) is 14.0 Å². The summed E-state index contributed by atoms with van der Waals surface area (Å²) in [5, 5.41) is 13.8. The molecule has 1 heterocycles. The van der Waals surface area contributed by atoms with Gasteiger partial charge in [0.2, 0.25) is 0 Å². The monoisotopic (exact) mass is 398 g/mol. The summed E-state index contributed by atoms with van der Waals surface area (Å²) >= 11 is 0. The van der Waals surface area contributed by atoms with Gasteiger partial charge < -0.3 is 14.0 Å². The zero-order valence-electron chi connectivity index (χ0n) is 16.8. The lowest BCUT2D eigenvalue weighted by atomic mass is 9.79. The maximum absolute atomic E-state index is 12.2. The fourth-order valence-corrected chi connectivity index (χ4v) is 2.81. The second-order valence-corrected chi connectivity index (χ2v) is 7.81. The van der Waals surface area contributed by atoms with E-state index in [1.165, 1.54) is 12.1 Å². The van der Waals surface area contributed by atoms with Crippen molar-refractivity contribution in [1.29, 1.82) is 0 Å². The van der Waals surface area contributed by atoms with Gasteiger partial charge in [-0.05, 0) is 44.8 Å². The highest BCUT2D eigenvalue weighted by atomic mass is 16.7. The average Bonchev–Trinajstić information content (AvgIpc) is 2.88. The topological polar surface area (TPSA) is 99.9 Å². The molecular formula is C20H23BN2O6. The quantitative estimate of drug-likeness (QED) is 0.469. The van der Waals surface area contributed by atoms with Crippen molar-refractivity contribution in [3.05, 3.63) is 64.2 Å². The smallest absolute Gasteiger partial charge is 0.444 e. The van der Waals surface area contributed by atoms with E-state index in [1.54, 1.807) is 6.07 Å². The van der Waals surface area contributed by atoms with E-state index < -0.39 is 29.3 Å². The Morgan fingerprint density at radius 2 is 1.72 bits per heavy atom. The van der Waals surface area contributed by atoms with Gasteiger partial charge in [0.1, 0.15) is 12.3 Å². The maximum Gasteiger partial charge on any atom is 0.494 e. The van der Waals surface area contributed by atoms with E-state index in [-0.39, 0.29) is 18.0 Å². The molecule has 9 heteroatoms. The zero-order chi connectivity index (χ0) is 21.2. The fraction of sp³-hybridized carbons (Fsp3) is 0.350. The lowest BCUT2D eigenvalue weighted by Gasteiger charge is -2.32. The van der Waals surface area contributed by atoms with Crippen molar-refractivity contribution in [2.24, 2.45) is 0 Å². The van der Waals surface area contributed by atoms with Gasteiger partial charge in [-0.15, -0.1) is 0 Å². The summed E-state index contributed by atoms with van der Waals surface area (Å²) in [5.41, 5.74) is 0.0291. The molecule has 1 aliphatic rings. The standard InChI is InChI=1S/C20H23BN2O6/c1-19(2)20(3,4)29-21(28-19)15-10-11-17(23(25)26)16(12-15)22-18(24)27-13-14-8-6-5-7-9-14/h5-12H,13H2,1-4H3,(H,22,24). The van der Waals surface area contributed by atoms with Crippen LogP contribution in [-0.2, 0) is 20.7 Å². The molecule has 1 amide bonds. The van der Waals surface area contributed by atoms with E-state index in [9.17, 15) is 14.9 Å². The first-order valence-corrected chi connectivity index (χ1v) is 9.21. The Kier molecular flexibility index (Phi) is 5.63. The van der Waals surface area contributed by atoms with Crippen molar-refractivity contribution < 1.29 is 23.8 Å². The first kappa shape index (κ1) is 20.8. The van der Waals surface area contributed by atoms with Crippen molar-refractivity contribution >= 4 is 30.0 Å². The van der Waals surface area contributed by atoms with E-state index in [1.807, 2.05) is 58.0 Å². The van der Waals surface area contributed by atoms with Crippen LogP contribution in [0.2, 0.25) is 0 Å². The number of hydrogen-bond acceptors (Lipinski definition) is 6. The molecule has 1 aliphatic heterocycles. The van der Waals surface area contributed by atoms with Gasteiger partial charge in [-0.3, -0.25) is 15.4 Å². The molecule has 152 valence electrons. The Hall–Kier alpha value is -2.91. The second-order valence-electron chi connectivity index (χ2n) is 7.81. The van der Waals surface area contributed by atoms with Crippen molar-refractivity contribution in [3.63, 3.8) is 0 Å². The lowest BCUT2D eigenvalue weighted by Crippen LogP contribution is -2.41. The number of hydrogen-bond donors (Lipinski definition) is 1. The normalized spacial score (nSPS) is 17.0. The highest BCUT2D eigenvalue weighted by molar-refractivity contribution is 6.62. The minimum Gasteiger partial charge on any atom is -0.444 e. The molecule has 8 nitrogen and oxygen atoms in total. The summed E-state index contributed by atoms with van der Waals surface area (Å²) in [7, 11) is -0.707. The molecule has 2 aromatic rings. The molecule has 0 bridgehead atoms. The van der Waals surface area contributed by atoms with E-state index in [0.717, 1.165) is 5.56 Å². The molecule has 0 unspecified atom stereocenters. The van der Waals surface area contributed by atoms with Gasteiger partial charge in [0.15, 0.2) is 0 Å². The largest absolute Gasteiger partial charge is 0.494 e. The van der Waals surface area contributed by atoms with Crippen LogP contribution in [0, 0.1) is 10.1 Å². The Labute approximate surface area is 169 Å². The molecule has 0 aliphatic carbocycles. The highest BCUT2D eigenvalue weighted by Gasteiger charge is 2.51. The average molecular weight is 398 g/mol. The Morgan fingerprint density at radius 1 is 1.10 bits per heavy atom. The van der Waals surface area contributed by atoms with Crippen LogP contribution in [0.15, 0.2) is 48.5 Å². The summed E-state index contributed by atoms with van der Waals surface area (Å²) in [6.45, 7) is 7.71. The minimum atomic E-state index is -0.789. The van der Waals surface area contributed by atoms with Crippen LogP contribution in [0.4, 0.5) is 16.2 Å². The summed E-state index contributed by atoms with van der Waals surface area (Å²) < 4.78 is 17.1. The first-order chi connectivity index (χ1) is 13.6. The van der Waals surface area contributed by atoms with Gasteiger partial charge in [-0.2, -0.15) is 0 Å². The Balaban J connectivity index is 1.77. The molecule has 29 heavy (non-hydrogen) atoms. The van der Waals surface area contributed by atoms with Crippen LogP contribution in [0.1, 0.15) is 33.3 Å². The molecule has 0 spiro atoms. The van der Waals surface area contributed by atoms with Gasteiger partial charge in [-0.1, -0.05) is 36.4 Å². The third-order valence-electron chi connectivity index (χ3n) is 5.19. The van der Waals surface area contributed by atoms with Crippen molar-refractivity contribution in [2.45, 2.75) is 45.5 Å². The van der Waals surface area contributed by atoms with Gasteiger partial charge in [0.25, 0.3) is 5.69 Å². The predicted octanol–water partition coefficient (Wildman–Crippen LogP) is 3.64. The molecule has 2 aromatic carbocycles. The third-order valence-corrected chi connectivity index (χ3v) is 5.19. The summed E-state index contributed by atoms with van der Waals surface area (Å²) in [4.78, 5) is 23.0.